The predicted molar refractivity (Wildman–Crippen MR) is 69.0 cm³/mol. The van der Waals surface area contributed by atoms with Gasteiger partial charge in [-0.25, -0.2) is 0 Å². The molecule has 0 aliphatic carbocycles. The molecule has 0 spiro atoms. The third-order valence-electron chi connectivity index (χ3n) is 3.48. The first-order valence-corrected chi connectivity index (χ1v) is 6.05. The maximum Gasteiger partial charge on any atom is 0.397 e. The van der Waals surface area contributed by atoms with Gasteiger partial charge in [0.2, 0.25) is 0 Å². The lowest BCUT2D eigenvalue weighted by Crippen LogP contribution is -2.36. The summed E-state index contributed by atoms with van der Waals surface area (Å²) in [5.74, 6) is 0. The molecule has 0 fully saturated rings. The molecular formula is C15H21F3. The van der Waals surface area contributed by atoms with Crippen LogP contribution < -0.4 is 0 Å². The number of hydrogen-bond donors (Lipinski definition) is 0. The van der Waals surface area contributed by atoms with Crippen LogP contribution in [0.3, 0.4) is 0 Å². The normalized spacial score (nSPS) is 13.8. The Morgan fingerprint density at radius 3 is 1.78 bits per heavy atom. The Morgan fingerprint density at radius 2 is 1.39 bits per heavy atom. The van der Waals surface area contributed by atoms with Gasteiger partial charge in [-0.1, -0.05) is 39.0 Å². The summed E-state index contributed by atoms with van der Waals surface area (Å²) in [7, 11) is 0. The molecule has 3 heteroatoms. The van der Waals surface area contributed by atoms with E-state index in [2.05, 4.69) is 0 Å². The molecule has 1 aromatic rings. The zero-order valence-electron chi connectivity index (χ0n) is 11.9. The highest BCUT2D eigenvalue weighted by molar-refractivity contribution is 5.39. The van der Waals surface area contributed by atoms with Gasteiger partial charge in [0, 0.05) is 0 Å². The van der Waals surface area contributed by atoms with Crippen LogP contribution in [0.25, 0.3) is 0 Å². The van der Waals surface area contributed by atoms with Crippen molar-refractivity contribution in [2.75, 3.05) is 0 Å². The maximum atomic E-state index is 13.0. The zero-order valence-corrected chi connectivity index (χ0v) is 11.9. The summed E-state index contributed by atoms with van der Waals surface area (Å²) >= 11 is 0. The van der Waals surface area contributed by atoms with Crippen LogP contribution in [-0.4, -0.2) is 6.18 Å². The van der Waals surface area contributed by atoms with E-state index in [-0.39, 0.29) is 5.41 Å². The Kier molecular flexibility index (Phi) is 3.59. The molecule has 0 heterocycles. The van der Waals surface area contributed by atoms with Crippen LogP contribution in [-0.2, 0) is 10.8 Å². The van der Waals surface area contributed by atoms with Crippen LogP contribution in [0, 0.1) is 6.92 Å². The molecule has 102 valence electrons. The fraction of sp³-hybridized carbons (Fsp3) is 0.600. The Bertz CT molecular complexity index is 434. The van der Waals surface area contributed by atoms with Crippen LogP contribution in [0.5, 0.6) is 0 Å². The number of halogens is 3. The van der Waals surface area contributed by atoms with Crippen molar-refractivity contribution >= 4 is 0 Å². The Hall–Kier alpha value is -0.990. The number of hydrogen-bond acceptors (Lipinski definition) is 0. The molecule has 0 amide bonds. The van der Waals surface area contributed by atoms with Gasteiger partial charge in [-0.05, 0) is 42.9 Å². The third-order valence-corrected chi connectivity index (χ3v) is 3.48. The first-order valence-electron chi connectivity index (χ1n) is 6.05. The summed E-state index contributed by atoms with van der Waals surface area (Å²) in [5, 5.41) is 0. The first-order chi connectivity index (χ1) is 7.87. The number of benzene rings is 1. The summed E-state index contributed by atoms with van der Waals surface area (Å²) in [6.45, 7) is 10.4. The molecule has 0 radical (unpaired) electrons. The molecule has 0 bridgehead atoms. The average molecular weight is 258 g/mol. The van der Waals surface area contributed by atoms with E-state index in [1.807, 2.05) is 27.7 Å². The minimum absolute atomic E-state index is 0.151. The summed E-state index contributed by atoms with van der Waals surface area (Å²) in [4.78, 5) is 0. The van der Waals surface area contributed by atoms with E-state index < -0.39 is 11.6 Å². The molecule has 0 aromatic heterocycles. The zero-order chi connectivity index (χ0) is 14.4. The van der Waals surface area contributed by atoms with Gasteiger partial charge in [0.05, 0.1) is 5.41 Å². The highest BCUT2D eigenvalue weighted by Crippen LogP contribution is 2.41. The molecule has 0 aliphatic rings. The molecule has 0 atom stereocenters. The van der Waals surface area contributed by atoms with Crippen molar-refractivity contribution in [2.24, 2.45) is 0 Å². The van der Waals surface area contributed by atoms with Crippen LogP contribution in [0.4, 0.5) is 13.2 Å². The van der Waals surface area contributed by atoms with Crippen LogP contribution >= 0.6 is 0 Å². The van der Waals surface area contributed by atoms with Gasteiger partial charge in [-0.2, -0.15) is 13.2 Å². The first kappa shape index (κ1) is 15.1. The third kappa shape index (κ3) is 2.70. The summed E-state index contributed by atoms with van der Waals surface area (Å²) in [5.41, 5.74) is 0.356. The fourth-order valence-corrected chi connectivity index (χ4v) is 1.98. The van der Waals surface area contributed by atoms with Crippen molar-refractivity contribution < 1.29 is 13.2 Å². The second-order valence-electron chi connectivity index (χ2n) is 6.40. The van der Waals surface area contributed by atoms with E-state index in [9.17, 15) is 13.2 Å². The Balaban J connectivity index is 3.38. The Labute approximate surface area is 107 Å². The van der Waals surface area contributed by atoms with Crippen molar-refractivity contribution in [1.82, 2.24) is 0 Å². The average Bonchev–Trinajstić information content (AvgIpc) is 2.14. The second-order valence-corrected chi connectivity index (χ2v) is 6.40. The van der Waals surface area contributed by atoms with Gasteiger partial charge in [0.25, 0.3) is 0 Å². The van der Waals surface area contributed by atoms with Gasteiger partial charge in [-0.15, -0.1) is 0 Å². The lowest BCUT2D eigenvalue weighted by atomic mass is 9.77. The van der Waals surface area contributed by atoms with Crippen LogP contribution in [0.1, 0.15) is 51.3 Å². The van der Waals surface area contributed by atoms with Crippen LogP contribution in [0.2, 0.25) is 0 Å². The molecule has 0 N–H and O–H groups in total. The number of rotatable bonds is 1. The highest BCUT2D eigenvalue weighted by Gasteiger charge is 2.48. The summed E-state index contributed by atoms with van der Waals surface area (Å²) in [6, 6.07) is 5.06. The van der Waals surface area contributed by atoms with E-state index >= 15 is 0 Å². The van der Waals surface area contributed by atoms with Crippen molar-refractivity contribution in [1.29, 1.82) is 0 Å². The van der Waals surface area contributed by atoms with Crippen molar-refractivity contribution in [3.63, 3.8) is 0 Å². The number of alkyl halides is 3. The van der Waals surface area contributed by atoms with E-state index in [4.69, 9.17) is 0 Å². The van der Waals surface area contributed by atoms with Gasteiger partial charge in [0.1, 0.15) is 0 Å². The van der Waals surface area contributed by atoms with Crippen molar-refractivity contribution in [3.8, 4) is 0 Å². The minimum atomic E-state index is -4.24. The molecule has 0 saturated carbocycles. The Morgan fingerprint density at radius 1 is 0.889 bits per heavy atom. The van der Waals surface area contributed by atoms with Gasteiger partial charge in [0.15, 0.2) is 0 Å². The van der Waals surface area contributed by atoms with Gasteiger partial charge >= 0.3 is 6.18 Å². The topological polar surface area (TPSA) is 0 Å². The van der Waals surface area contributed by atoms with E-state index in [0.717, 1.165) is 11.1 Å². The van der Waals surface area contributed by atoms with Crippen molar-refractivity contribution in [3.05, 3.63) is 34.9 Å². The molecular weight excluding hydrogens is 237 g/mol. The molecule has 1 aromatic carbocycles. The molecule has 0 saturated heterocycles. The molecule has 0 aliphatic heterocycles. The van der Waals surface area contributed by atoms with Gasteiger partial charge < -0.3 is 0 Å². The monoisotopic (exact) mass is 258 g/mol. The van der Waals surface area contributed by atoms with Crippen molar-refractivity contribution in [2.45, 2.75) is 58.5 Å². The predicted octanol–water partition coefficient (Wildman–Crippen LogP) is 5.13. The van der Waals surface area contributed by atoms with E-state index in [1.165, 1.54) is 13.8 Å². The standard InChI is InChI=1S/C15H21F3/c1-10-7-8-11(9-12(10)13(2,3)4)14(5,6)15(16,17)18/h7-9H,1-6H3. The smallest absolute Gasteiger partial charge is 0.170 e. The SMILES string of the molecule is Cc1ccc(C(C)(C)C(F)(F)F)cc1C(C)(C)C. The molecule has 0 unspecified atom stereocenters. The highest BCUT2D eigenvalue weighted by atomic mass is 19.4. The lowest BCUT2D eigenvalue weighted by Gasteiger charge is -2.31. The van der Waals surface area contributed by atoms with E-state index in [1.54, 1.807) is 18.2 Å². The summed E-state index contributed by atoms with van der Waals surface area (Å²) < 4.78 is 39.1. The molecule has 18 heavy (non-hydrogen) atoms. The van der Waals surface area contributed by atoms with E-state index in [0.29, 0.717) is 5.56 Å². The second kappa shape index (κ2) is 4.29. The minimum Gasteiger partial charge on any atom is -0.170 e. The number of aryl methyl sites for hydroxylation is 1. The van der Waals surface area contributed by atoms with Gasteiger partial charge in [-0.3, -0.25) is 0 Å². The molecule has 1 rings (SSSR count). The largest absolute Gasteiger partial charge is 0.397 e. The summed E-state index contributed by atoms with van der Waals surface area (Å²) in [6.07, 6.45) is -4.24. The maximum absolute atomic E-state index is 13.0. The van der Waals surface area contributed by atoms with Crippen LogP contribution in [0.15, 0.2) is 18.2 Å². The lowest BCUT2D eigenvalue weighted by molar-refractivity contribution is -0.180. The molecule has 0 nitrogen and oxygen atoms in total. The fourth-order valence-electron chi connectivity index (χ4n) is 1.98. The quantitative estimate of drug-likeness (QED) is 0.655.